The van der Waals surface area contributed by atoms with Crippen molar-refractivity contribution < 1.29 is 31.9 Å². The second-order valence-corrected chi connectivity index (χ2v) is 9.91. The fourth-order valence-electron chi connectivity index (χ4n) is 3.87. The zero-order valence-electron chi connectivity index (χ0n) is 19.2. The zero-order valence-corrected chi connectivity index (χ0v) is 20.0. The molecule has 34 heavy (non-hydrogen) atoms. The third-order valence-electron chi connectivity index (χ3n) is 5.78. The number of halogens is 1. The summed E-state index contributed by atoms with van der Waals surface area (Å²) >= 11 is 0. The molecule has 0 aliphatic carbocycles. The third kappa shape index (κ3) is 6.32. The van der Waals surface area contributed by atoms with Crippen molar-refractivity contribution in [3.05, 3.63) is 59.9 Å². The third-order valence-corrected chi connectivity index (χ3v) is 7.70. The summed E-state index contributed by atoms with van der Waals surface area (Å²) in [7, 11) is -2.43. The molecule has 1 heterocycles. The highest BCUT2D eigenvalue weighted by Crippen LogP contribution is 2.26. The van der Waals surface area contributed by atoms with Gasteiger partial charge in [-0.05, 0) is 61.7 Å². The summed E-state index contributed by atoms with van der Waals surface area (Å²) in [4.78, 5) is 24.9. The van der Waals surface area contributed by atoms with Crippen LogP contribution < -0.4 is 10.1 Å². The van der Waals surface area contributed by atoms with E-state index in [2.05, 4.69) is 5.32 Å². The molecule has 2 aromatic rings. The van der Waals surface area contributed by atoms with Crippen LogP contribution >= 0.6 is 0 Å². The van der Waals surface area contributed by atoms with Gasteiger partial charge in [0, 0.05) is 19.0 Å². The maximum atomic E-state index is 13.3. The Morgan fingerprint density at radius 1 is 1.09 bits per heavy atom. The number of piperidine rings is 1. The number of hydrogen-bond donors (Lipinski definition) is 1. The van der Waals surface area contributed by atoms with E-state index < -0.39 is 33.8 Å². The number of ether oxygens (including phenoxy) is 2. The van der Waals surface area contributed by atoms with Crippen LogP contribution in [0.3, 0.4) is 0 Å². The van der Waals surface area contributed by atoms with E-state index in [9.17, 15) is 22.4 Å². The van der Waals surface area contributed by atoms with Crippen LogP contribution in [-0.4, -0.2) is 51.4 Å². The maximum absolute atomic E-state index is 13.3. The molecular weight excluding hydrogens is 463 g/mol. The number of nitrogens with one attached hydrogen (secondary N) is 1. The lowest BCUT2D eigenvalue weighted by Gasteiger charge is -2.31. The van der Waals surface area contributed by atoms with E-state index in [0.29, 0.717) is 30.8 Å². The molecule has 10 heteroatoms. The van der Waals surface area contributed by atoms with Gasteiger partial charge in [0.2, 0.25) is 15.9 Å². The first-order valence-electron chi connectivity index (χ1n) is 11.1. The van der Waals surface area contributed by atoms with E-state index in [0.717, 1.165) is 0 Å². The van der Waals surface area contributed by atoms with Crippen LogP contribution in [0.5, 0.6) is 5.75 Å². The summed E-state index contributed by atoms with van der Waals surface area (Å²) in [6.45, 7) is 2.74. The Bertz CT molecular complexity index is 1080. The highest BCUT2D eigenvalue weighted by Gasteiger charge is 2.33. The van der Waals surface area contributed by atoms with E-state index in [-0.39, 0.29) is 30.3 Å². The molecule has 1 fully saturated rings. The molecule has 8 nitrogen and oxygen atoms in total. The maximum Gasteiger partial charge on any atom is 0.307 e. The lowest BCUT2D eigenvalue weighted by molar-refractivity contribution is -0.141. The minimum Gasteiger partial charge on any atom is -0.494 e. The molecule has 1 N–H and O–H groups in total. The summed E-state index contributed by atoms with van der Waals surface area (Å²) in [6, 6.07) is 11.1. The average Bonchev–Trinajstić information content (AvgIpc) is 2.84. The van der Waals surface area contributed by atoms with E-state index in [1.807, 2.05) is 6.92 Å². The van der Waals surface area contributed by atoms with Gasteiger partial charge in [-0.3, -0.25) is 9.59 Å². The van der Waals surface area contributed by atoms with Gasteiger partial charge in [-0.25, -0.2) is 12.8 Å². The predicted octanol–water partition coefficient (Wildman–Crippen LogP) is 3.05. The van der Waals surface area contributed by atoms with Crippen LogP contribution in [0.1, 0.15) is 37.8 Å². The second kappa shape index (κ2) is 11.4. The van der Waals surface area contributed by atoms with Crippen molar-refractivity contribution in [3.63, 3.8) is 0 Å². The zero-order chi connectivity index (χ0) is 24.7. The van der Waals surface area contributed by atoms with Crippen LogP contribution in [0.2, 0.25) is 0 Å². The van der Waals surface area contributed by atoms with Gasteiger partial charge >= 0.3 is 5.97 Å². The van der Waals surface area contributed by atoms with Crippen molar-refractivity contribution in [2.24, 2.45) is 5.92 Å². The van der Waals surface area contributed by atoms with Crippen LogP contribution in [0, 0.1) is 11.7 Å². The molecule has 1 aliphatic rings. The van der Waals surface area contributed by atoms with Crippen molar-refractivity contribution in [1.29, 1.82) is 0 Å². The molecule has 1 amide bonds. The van der Waals surface area contributed by atoms with Gasteiger partial charge in [-0.1, -0.05) is 12.1 Å². The summed E-state index contributed by atoms with van der Waals surface area (Å²) in [5.41, 5.74) is 0.579. The number of sulfonamides is 1. The quantitative estimate of drug-likeness (QED) is 0.540. The van der Waals surface area contributed by atoms with E-state index in [4.69, 9.17) is 9.47 Å². The van der Waals surface area contributed by atoms with Crippen molar-refractivity contribution in [2.75, 3.05) is 26.8 Å². The Morgan fingerprint density at radius 2 is 1.71 bits per heavy atom. The highest BCUT2D eigenvalue weighted by molar-refractivity contribution is 7.89. The fourth-order valence-corrected chi connectivity index (χ4v) is 5.34. The first-order valence-corrected chi connectivity index (χ1v) is 12.5. The van der Waals surface area contributed by atoms with E-state index in [1.165, 1.54) is 47.8 Å². The standard InChI is InChI=1S/C24H29FN2O6S/c1-3-33-20-8-10-21(11-9-20)34(30,31)27-14-12-18(13-15-27)24(29)26-22(16-23(28)32-2)17-4-6-19(25)7-5-17/h4-11,18,22H,3,12-16H2,1-2H3,(H,26,29). The normalized spacial score (nSPS) is 16.0. The predicted molar refractivity (Wildman–Crippen MR) is 123 cm³/mol. The summed E-state index contributed by atoms with van der Waals surface area (Å²) in [6.07, 6.45) is 0.589. The Kier molecular flexibility index (Phi) is 8.62. The minimum atomic E-state index is -3.68. The lowest BCUT2D eigenvalue weighted by atomic mass is 9.95. The topological polar surface area (TPSA) is 102 Å². The Balaban J connectivity index is 1.63. The van der Waals surface area contributed by atoms with Gasteiger partial charge in [0.1, 0.15) is 11.6 Å². The number of benzene rings is 2. The second-order valence-electron chi connectivity index (χ2n) is 7.98. The molecule has 1 unspecified atom stereocenters. The molecule has 1 aliphatic heterocycles. The number of carbonyl (C=O) groups excluding carboxylic acids is 2. The van der Waals surface area contributed by atoms with Crippen molar-refractivity contribution in [1.82, 2.24) is 9.62 Å². The molecule has 0 radical (unpaired) electrons. The van der Waals surface area contributed by atoms with Crippen LogP contribution in [0.4, 0.5) is 4.39 Å². The van der Waals surface area contributed by atoms with E-state index in [1.54, 1.807) is 12.1 Å². The molecule has 0 bridgehead atoms. The number of amides is 1. The number of hydrogen-bond acceptors (Lipinski definition) is 6. The number of methoxy groups -OCH3 is 1. The molecule has 0 spiro atoms. The van der Waals surface area contributed by atoms with Gasteiger partial charge < -0.3 is 14.8 Å². The first kappa shape index (κ1) is 25.6. The SMILES string of the molecule is CCOc1ccc(S(=O)(=O)N2CCC(C(=O)NC(CC(=O)OC)c3ccc(F)cc3)CC2)cc1. The number of carbonyl (C=O) groups is 2. The molecule has 184 valence electrons. The minimum absolute atomic E-state index is 0.0984. The largest absolute Gasteiger partial charge is 0.494 e. The molecular formula is C24H29FN2O6S. The summed E-state index contributed by atoms with van der Waals surface area (Å²) < 4.78 is 50.7. The smallest absolute Gasteiger partial charge is 0.307 e. The Labute approximate surface area is 199 Å². The lowest BCUT2D eigenvalue weighted by Crippen LogP contribution is -2.43. The van der Waals surface area contributed by atoms with Crippen LogP contribution in [-0.2, 0) is 24.3 Å². The summed E-state index contributed by atoms with van der Waals surface area (Å²) in [5.74, 6) is -1.03. The molecule has 2 aromatic carbocycles. The highest BCUT2D eigenvalue weighted by atomic mass is 32.2. The molecule has 0 aromatic heterocycles. The van der Waals surface area contributed by atoms with Gasteiger partial charge in [-0.15, -0.1) is 0 Å². The van der Waals surface area contributed by atoms with Gasteiger partial charge in [0.25, 0.3) is 0 Å². The number of nitrogens with zero attached hydrogens (tertiary/aromatic N) is 1. The fraction of sp³-hybridized carbons (Fsp3) is 0.417. The van der Waals surface area contributed by atoms with Gasteiger partial charge in [-0.2, -0.15) is 4.31 Å². The Morgan fingerprint density at radius 3 is 2.26 bits per heavy atom. The molecule has 1 saturated heterocycles. The molecule has 3 rings (SSSR count). The summed E-state index contributed by atoms with van der Waals surface area (Å²) in [5, 5.41) is 2.85. The van der Waals surface area contributed by atoms with E-state index >= 15 is 0 Å². The number of esters is 1. The van der Waals surface area contributed by atoms with Crippen LogP contribution in [0.15, 0.2) is 53.4 Å². The van der Waals surface area contributed by atoms with Crippen molar-refractivity contribution in [3.8, 4) is 5.75 Å². The van der Waals surface area contributed by atoms with Crippen molar-refractivity contribution in [2.45, 2.75) is 37.1 Å². The first-order chi connectivity index (χ1) is 16.2. The van der Waals surface area contributed by atoms with Crippen LogP contribution in [0.25, 0.3) is 0 Å². The van der Waals surface area contributed by atoms with Gasteiger partial charge in [0.15, 0.2) is 0 Å². The molecule has 0 saturated carbocycles. The molecule has 1 atom stereocenters. The van der Waals surface area contributed by atoms with Crippen molar-refractivity contribution >= 4 is 21.9 Å². The average molecular weight is 493 g/mol. The monoisotopic (exact) mass is 492 g/mol. The van der Waals surface area contributed by atoms with Gasteiger partial charge in [0.05, 0.1) is 31.1 Å². The Hall–Kier alpha value is -2.98. The number of rotatable bonds is 9.